The molecule has 0 radical (unpaired) electrons. The molecule has 144 valence electrons. The van der Waals surface area contributed by atoms with Crippen molar-refractivity contribution in [2.24, 2.45) is 0 Å². The second kappa shape index (κ2) is 9.00. The molecule has 10 heteroatoms. The molecular formula is C18H16FN5O3S. The van der Waals surface area contributed by atoms with Crippen LogP contribution in [0.5, 0.6) is 5.75 Å². The molecule has 0 spiro atoms. The van der Waals surface area contributed by atoms with E-state index in [2.05, 4.69) is 26.0 Å². The van der Waals surface area contributed by atoms with Gasteiger partial charge < -0.3 is 4.74 Å². The topological polar surface area (TPSA) is 109 Å². The summed E-state index contributed by atoms with van der Waals surface area (Å²) >= 11 is 1.09. The molecule has 2 amide bonds. The van der Waals surface area contributed by atoms with Crippen LogP contribution in [-0.4, -0.2) is 39.9 Å². The van der Waals surface area contributed by atoms with Gasteiger partial charge in [0, 0.05) is 5.56 Å². The molecule has 0 bridgehead atoms. The summed E-state index contributed by atoms with van der Waals surface area (Å²) in [7, 11) is 1.59. The normalized spacial score (nSPS) is 10.4. The van der Waals surface area contributed by atoms with E-state index >= 15 is 0 Å². The quantitative estimate of drug-likeness (QED) is 0.432. The van der Waals surface area contributed by atoms with Crippen molar-refractivity contribution < 1.29 is 18.7 Å². The summed E-state index contributed by atoms with van der Waals surface area (Å²) in [5.41, 5.74) is 5.05. The maximum atomic E-state index is 13.5. The SMILES string of the molecule is COc1ccc(-c2nc(SCC(=O)NNC(=O)c3ccccc3F)n[nH]2)cc1. The lowest BCUT2D eigenvalue weighted by Crippen LogP contribution is -2.42. The molecule has 0 saturated heterocycles. The van der Waals surface area contributed by atoms with Crippen LogP contribution in [0.2, 0.25) is 0 Å². The smallest absolute Gasteiger partial charge is 0.272 e. The van der Waals surface area contributed by atoms with E-state index in [1.165, 1.54) is 18.2 Å². The zero-order valence-electron chi connectivity index (χ0n) is 14.7. The number of ether oxygens (including phenoxy) is 1. The number of carbonyl (C=O) groups excluding carboxylic acids is 2. The number of hydrogen-bond acceptors (Lipinski definition) is 6. The summed E-state index contributed by atoms with van der Waals surface area (Å²) in [5.74, 6) is -0.639. The molecule has 1 aromatic heterocycles. The van der Waals surface area contributed by atoms with Crippen LogP contribution in [0.4, 0.5) is 4.39 Å². The third kappa shape index (κ3) is 4.86. The van der Waals surface area contributed by atoms with Gasteiger partial charge in [0.25, 0.3) is 5.91 Å². The highest BCUT2D eigenvalue weighted by molar-refractivity contribution is 7.99. The lowest BCUT2D eigenvalue weighted by Gasteiger charge is -2.07. The van der Waals surface area contributed by atoms with E-state index in [0.717, 1.165) is 29.1 Å². The molecule has 8 nitrogen and oxygen atoms in total. The van der Waals surface area contributed by atoms with Gasteiger partial charge in [0.1, 0.15) is 11.6 Å². The van der Waals surface area contributed by atoms with Crippen LogP contribution in [0.15, 0.2) is 53.7 Å². The summed E-state index contributed by atoms with van der Waals surface area (Å²) in [5, 5.41) is 7.21. The predicted molar refractivity (Wildman–Crippen MR) is 101 cm³/mol. The van der Waals surface area contributed by atoms with Crippen LogP contribution in [0, 0.1) is 5.82 Å². The van der Waals surface area contributed by atoms with Crippen LogP contribution in [0.3, 0.4) is 0 Å². The third-order valence-electron chi connectivity index (χ3n) is 3.59. The van der Waals surface area contributed by atoms with Gasteiger partial charge in [-0.2, -0.15) is 0 Å². The van der Waals surface area contributed by atoms with Gasteiger partial charge in [0.15, 0.2) is 5.82 Å². The third-order valence-corrected chi connectivity index (χ3v) is 4.44. The van der Waals surface area contributed by atoms with E-state index in [0.29, 0.717) is 11.0 Å². The second-order valence-corrected chi connectivity index (χ2v) is 6.41. The lowest BCUT2D eigenvalue weighted by molar-refractivity contribution is -0.119. The molecule has 3 N–H and O–H groups in total. The number of aromatic amines is 1. The highest BCUT2D eigenvalue weighted by Gasteiger charge is 2.13. The second-order valence-electron chi connectivity index (χ2n) is 5.47. The van der Waals surface area contributed by atoms with Gasteiger partial charge in [0.05, 0.1) is 18.4 Å². The molecule has 0 saturated carbocycles. The Bertz CT molecular complexity index is 977. The van der Waals surface area contributed by atoms with Gasteiger partial charge >= 0.3 is 0 Å². The molecule has 0 fully saturated rings. The number of rotatable bonds is 6. The Morgan fingerprint density at radius 3 is 2.61 bits per heavy atom. The average molecular weight is 401 g/mol. The van der Waals surface area contributed by atoms with Crippen LogP contribution in [-0.2, 0) is 4.79 Å². The van der Waals surface area contributed by atoms with Crippen LogP contribution < -0.4 is 15.6 Å². The molecule has 0 atom stereocenters. The number of carbonyl (C=O) groups is 2. The number of thioether (sulfide) groups is 1. The van der Waals surface area contributed by atoms with Crippen molar-refractivity contribution in [3.63, 3.8) is 0 Å². The molecule has 3 aromatic rings. The summed E-state index contributed by atoms with van der Waals surface area (Å²) in [6.45, 7) is 0. The van der Waals surface area contributed by atoms with Crippen LogP contribution in [0.1, 0.15) is 10.4 Å². The fourth-order valence-electron chi connectivity index (χ4n) is 2.19. The van der Waals surface area contributed by atoms with E-state index in [4.69, 9.17) is 4.74 Å². The monoisotopic (exact) mass is 401 g/mol. The summed E-state index contributed by atoms with van der Waals surface area (Å²) in [4.78, 5) is 28.0. The maximum Gasteiger partial charge on any atom is 0.272 e. The number of halogens is 1. The van der Waals surface area contributed by atoms with Crippen molar-refractivity contribution in [2.45, 2.75) is 5.16 Å². The molecule has 0 aliphatic heterocycles. The minimum Gasteiger partial charge on any atom is -0.497 e. The van der Waals surface area contributed by atoms with Gasteiger partial charge in [-0.1, -0.05) is 23.9 Å². The van der Waals surface area contributed by atoms with Gasteiger partial charge in [0.2, 0.25) is 11.1 Å². The van der Waals surface area contributed by atoms with E-state index in [-0.39, 0.29) is 11.3 Å². The Labute approximate surface area is 163 Å². The molecule has 2 aromatic carbocycles. The largest absolute Gasteiger partial charge is 0.497 e. The summed E-state index contributed by atoms with van der Waals surface area (Å²) in [6, 6.07) is 12.7. The number of hydrogen-bond donors (Lipinski definition) is 3. The predicted octanol–water partition coefficient (Wildman–Crippen LogP) is 2.17. The number of hydrazine groups is 1. The van der Waals surface area contributed by atoms with Crippen molar-refractivity contribution in [3.8, 4) is 17.1 Å². The molecule has 3 rings (SSSR count). The number of H-pyrrole nitrogens is 1. The first-order chi connectivity index (χ1) is 13.6. The first kappa shape index (κ1) is 19.4. The maximum absolute atomic E-state index is 13.5. The molecule has 1 heterocycles. The number of methoxy groups -OCH3 is 1. The zero-order valence-corrected chi connectivity index (χ0v) is 15.5. The summed E-state index contributed by atoms with van der Waals surface area (Å²) in [6.07, 6.45) is 0. The Morgan fingerprint density at radius 2 is 1.89 bits per heavy atom. The number of amides is 2. The zero-order chi connectivity index (χ0) is 19.9. The Kier molecular flexibility index (Phi) is 6.22. The number of benzene rings is 2. The highest BCUT2D eigenvalue weighted by Crippen LogP contribution is 2.21. The van der Waals surface area contributed by atoms with Crippen LogP contribution >= 0.6 is 11.8 Å². The van der Waals surface area contributed by atoms with Crippen molar-refractivity contribution in [2.75, 3.05) is 12.9 Å². The Morgan fingerprint density at radius 1 is 1.14 bits per heavy atom. The molecular weight excluding hydrogens is 385 g/mol. The van der Waals surface area contributed by atoms with Crippen molar-refractivity contribution >= 4 is 23.6 Å². The van der Waals surface area contributed by atoms with Crippen molar-refractivity contribution in [1.82, 2.24) is 26.0 Å². The van der Waals surface area contributed by atoms with Crippen molar-refractivity contribution in [3.05, 3.63) is 59.9 Å². The standard InChI is InChI=1S/C18H16FN5O3S/c1-27-12-8-6-11(7-9-12)16-20-18(24-22-16)28-10-15(25)21-23-17(26)13-4-2-3-5-14(13)19/h2-9H,10H2,1H3,(H,21,25)(H,23,26)(H,20,22,24). The molecule has 0 aliphatic rings. The molecule has 0 aliphatic carbocycles. The number of aromatic nitrogens is 3. The van der Waals surface area contributed by atoms with E-state index in [1.54, 1.807) is 19.2 Å². The number of nitrogens with one attached hydrogen (secondary N) is 3. The molecule has 28 heavy (non-hydrogen) atoms. The summed E-state index contributed by atoms with van der Waals surface area (Å²) < 4.78 is 18.6. The first-order valence-electron chi connectivity index (χ1n) is 8.10. The van der Waals surface area contributed by atoms with Gasteiger partial charge in [-0.25, -0.2) is 9.37 Å². The van der Waals surface area contributed by atoms with Gasteiger partial charge in [-0.3, -0.25) is 25.5 Å². The van der Waals surface area contributed by atoms with Gasteiger partial charge in [-0.15, -0.1) is 5.10 Å². The number of nitrogens with zero attached hydrogens (tertiary/aromatic N) is 2. The van der Waals surface area contributed by atoms with Crippen LogP contribution in [0.25, 0.3) is 11.4 Å². The van der Waals surface area contributed by atoms with Crippen molar-refractivity contribution in [1.29, 1.82) is 0 Å². The Hall–Kier alpha value is -3.40. The lowest BCUT2D eigenvalue weighted by atomic mass is 10.2. The van der Waals surface area contributed by atoms with E-state index in [9.17, 15) is 14.0 Å². The molecule has 0 unspecified atom stereocenters. The highest BCUT2D eigenvalue weighted by atomic mass is 32.2. The minimum atomic E-state index is -0.740. The van der Waals surface area contributed by atoms with Gasteiger partial charge in [-0.05, 0) is 36.4 Å². The van der Waals surface area contributed by atoms with E-state index in [1.807, 2.05) is 12.1 Å². The fraction of sp³-hybridized carbons (Fsp3) is 0.111. The minimum absolute atomic E-state index is 0.0303. The Balaban J connectivity index is 1.49. The average Bonchev–Trinajstić information content (AvgIpc) is 3.20. The fourth-order valence-corrected chi connectivity index (χ4v) is 2.79. The van der Waals surface area contributed by atoms with E-state index < -0.39 is 17.6 Å². The first-order valence-corrected chi connectivity index (χ1v) is 9.08.